The Bertz CT molecular complexity index is 820. The van der Waals surface area contributed by atoms with Gasteiger partial charge >= 0.3 is 5.97 Å². The molecular formula is C21H27N3O4. The van der Waals surface area contributed by atoms with E-state index in [1.807, 2.05) is 45.0 Å². The zero-order valence-electron chi connectivity index (χ0n) is 16.8. The quantitative estimate of drug-likeness (QED) is 0.707. The minimum Gasteiger partial charge on any atom is -0.452 e. The molecule has 2 rings (SSSR count). The van der Waals surface area contributed by atoms with Gasteiger partial charge in [-0.2, -0.15) is 0 Å². The maximum Gasteiger partial charge on any atom is 0.338 e. The molecule has 0 unspecified atom stereocenters. The smallest absolute Gasteiger partial charge is 0.338 e. The van der Waals surface area contributed by atoms with Gasteiger partial charge in [0.05, 0.1) is 12.1 Å². The summed E-state index contributed by atoms with van der Waals surface area (Å²) >= 11 is 0. The number of hydrogen-bond acceptors (Lipinski definition) is 4. The van der Waals surface area contributed by atoms with Crippen LogP contribution in [0.25, 0.3) is 5.69 Å². The van der Waals surface area contributed by atoms with E-state index in [0.717, 1.165) is 23.5 Å². The van der Waals surface area contributed by atoms with Crippen LogP contribution in [0.2, 0.25) is 0 Å². The number of amides is 2. The van der Waals surface area contributed by atoms with Crippen LogP contribution in [0.1, 0.15) is 35.1 Å². The minimum absolute atomic E-state index is 0.0688. The van der Waals surface area contributed by atoms with Gasteiger partial charge in [-0.1, -0.05) is 6.92 Å². The topological polar surface area (TPSA) is 80.6 Å². The number of benzene rings is 1. The Morgan fingerprint density at radius 3 is 2.21 bits per heavy atom. The number of likely N-dealkylation sites (N-methyl/N-ethyl adjacent to an activating group) is 1. The number of nitrogens with zero attached hydrogens (tertiary/aromatic N) is 2. The third-order valence-corrected chi connectivity index (χ3v) is 4.34. The van der Waals surface area contributed by atoms with Gasteiger partial charge in [0.25, 0.3) is 5.91 Å². The van der Waals surface area contributed by atoms with Crippen molar-refractivity contribution in [1.29, 1.82) is 0 Å². The largest absolute Gasteiger partial charge is 0.452 e. The van der Waals surface area contributed by atoms with E-state index in [1.54, 1.807) is 12.1 Å². The Balaban J connectivity index is 1.89. The first-order valence-electron chi connectivity index (χ1n) is 9.26. The first-order chi connectivity index (χ1) is 13.3. The van der Waals surface area contributed by atoms with E-state index in [0.29, 0.717) is 12.1 Å². The third-order valence-electron chi connectivity index (χ3n) is 4.34. The van der Waals surface area contributed by atoms with Crippen molar-refractivity contribution in [2.24, 2.45) is 0 Å². The maximum atomic E-state index is 12.2. The lowest BCUT2D eigenvalue weighted by Gasteiger charge is -2.16. The molecule has 1 N–H and O–H groups in total. The molecule has 0 bridgehead atoms. The standard InChI is InChI=1S/C21H27N3O4/c1-5-12-22-19(25)13-23(4)20(26)14-28-21(27)17-8-10-18(11-9-17)24-15(2)6-7-16(24)3/h6-11H,5,12-14H2,1-4H3,(H,22,25). The number of esters is 1. The minimum atomic E-state index is -0.579. The molecule has 7 nitrogen and oxygen atoms in total. The van der Waals surface area contributed by atoms with Crippen molar-refractivity contribution >= 4 is 17.8 Å². The highest BCUT2D eigenvalue weighted by molar-refractivity contribution is 5.92. The molecule has 0 radical (unpaired) electrons. The Morgan fingerprint density at radius 1 is 1.04 bits per heavy atom. The zero-order valence-corrected chi connectivity index (χ0v) is 16.8. The fraction of sp³-hybridized carbons (Fsp3) is 0.381. The number of hydrogen-bond donors (Lipinski definition) is 1. The Labute approximate surface area is 165 Å². The summed E-state index contributed by atoms with van der Waals surface area (Å²) in [6.45, 7) is 6.06. The molecule has 1 aromatic carbocycles. The van der Waals surface area contributed by atoms with Crippen molar-refractivity contribution in [3.8, 4) is 5.69 Å². The summed E-state index contributed by atoms with van der Waals surface area (Å²) in [5.74, 6) is -1.25. The highest BCUT2D eigenvalue weighted by Crippen LogP contribution is 2.17. The predicted octanol–water partition coefficient (Wildman–Crippen LogP) is 2.24. The third kappa shape index (κ3) is 5.45. The summed E-state index contributed by atoms with van der Waals surface area (Å²) in [4.78, 5) is 37.1. The lowest BCUT2D eigenvalue weighted by molar-refractivity contribution is -0.137. The molecule has 1 heterocycles. The van der Waals surface area contributed by atoms with Gasteiger partial charge in [-0.05, 0) is 56.7 Å². The van der Waals surface area contributed by atoms with Gasteiger partial charge in [-0.15, -0.1) is 0 Å². The molecule has 0 spiro atoms. The van der Waals surface area contributed by atoms with Crippen molar-refractivity contribution in [3.63, 3.8) is 0 Å². The van der Waals surface area contributed by atoms with E-state index in [1.165, 1.54) is 11.9 Å². The molecule has 0 aliphatic rings. The molecule has 0 fully saturated rings. The highest BCUT2D eigenvalue weighted by atomic mass is 16.5. The average Bonchev–Trinajstić information content (AvgIpc) is 3.02. The van der Waals surface area contributed by atoms with Crippen LogP contribution < -0.4 is 5.32 Å². The van der Waals surface area contributed by atoms with Gasteiger partial charge < -0.3 is 19.5 Å². The number of carbonyl (C=O) groups is 3. The van der Waals surface area contributed by atoms with E-state index in [9.17, 15) is 14.4 Å². The molecule has 0 aliphatic carbocycles. The molecule has 1 aromatic heterocycles. The normalized spacial score (nSPS) is 10.4. The molecule has 2 amide bonds. The zero-order chi connectivity index (χ0) is 20.7. The summed E-state index contributed by atoms with van der Waals surface area (Å²) in [6, 6.07) is 11.1. The van der Waals surface area contributed by atoms with Gasteiger partial charge in [0, 0.05) is 30.7 Å². The molecule has 150 valence electrons. The predicted molar refractivity (Wildman–Crippen MR) is 106 cm³/mol. The van der Waals surface area contributed by atoms with E-state index >= 15 is 0 Å². The van der Waals surface area contributed by atoms with Crippen molar-refractivity contribution < 1.29 is 19.1 Å². The van der Waals surface area contributed by atoms with Crippen LogP contribution in [0, 0.1) is 13.8 Å². The highest BCUT2D eigenvalue weighted by Gasteiger charge is 2.16. The fourth-order valence-electron chi connectivity index (χ4n) is 2.77. The first-order valence-corrected chi connectivity index (χ1v) is 9.26. The van der Waals surface area contributed by atoms with E-state index < -0.39 is 18.5 Å². The van der Waals surface area contributed by atoms with Crippen molar-refractivity contribution in [3.05, 3.63) is 53.3 Å². The second-order valence-corrected chi connectivity index (χ2v) is 6.67. The van der Waals surface area contributed by atoms with Crippen LogP contribution in [0.3, 0.4) is 0 Å². The lowest BCUT2D eigenvalue weighted by Crippen LogP contribution is -2.40. The summed E-state index contributed by atoms with van der Waals surface area (Å²) in [5.41, 5.74) is 3.52. The Hall–Kier alpha value is -3.09. The second kappa shape index (κ2) is 9.73. The number of rotatable bonds is 8. The van der Waals surface area contributed by atoms with Crippen LogP contribution in [0.4, 0.5) is 0 Å². The van der Waals surface area contributed by atoms with Gasteiger partial charge in [0.2, 0.25) is 5.91 Å². The number of ether oxygens (including phenoxy) is 1. The number of nitrogens with one attached hydrogen (secondary N) is 1. The van der Waals surface area contributed by atoms with Crippen LogP contribution in [-0.2, 0) is 14.3 Å². The van der Waals surface area contributed by atoms with Crippen LogP contribution >= 0.6 is 0 Å². The van der Waals surface area contributed by atoms with Crippen LogP contribution in [0.5, 0.6) is 0 Å². The molecule has 0 aliphatic heterocycles. The lowest BCUT2D eigenvalue weighted by atomic mass is 10.2. The van der Waals surface area contributed by atoms with Crippen LogP contribution in [-0.4, -0.2) is 54.0 Å². The molecule has 7 heteroatoms. The summed E-state index contributed by atoms with van der Waals surface area (Å²) < 4.78 is 7.16. The monoisotopic (exact) mass is 385 g/mol. The molecular weight excluding hydrogens is 358 g/mol. The fourth-order valence-corrected chi connectivity index (χ4v) is 2.77. The summed E-state index contributed by atoms with van der Waals surface area (Å²) in [7, 11) is 1.50. The van der Waals surface area contributed by atoms with Crippen LogP contribution in [0.15, 0.2) is 36.4 Å². The van der Waals surface area contributed by atoms with Gasteiger partial charge in [-0.25, -0.2) is 4.79 Å². The van der Waals surface area contributed by atoms with Gasteiger partial charge in [0.15, 0.2) is 6.61 Å². The maximum absolute atomic E-state index is 12.2. The first kappa shape index (κ1) is 21.2. The second-order valence-electron chi connectivity index (χ2n) is 6.67. The number of aromatic nitrogens is 1. The molecule has 28 heavy (non-hydrogen) atoms. The number of aryl methyl sites for hydroxylation is 2. The van der Waals surface area contributed by atoms with Crippen molar-refractivity contribution in [1.82, 2.24) is 14.8 Å². The number of carbonyl (C=O) groups excluding carboxylic acids is 3. The SMILES string of the molecule is CCCNC(=O)CN(C)C(=O)COC(=O)c1ccc(-n2c(C)ccc2C)cc1. The molecule has 2 aromatic rings. The van der Waals surface area contributed by atoms with Gasteiger partial charge in [-0.3, -0.25) is 9.59 Å². The molecule has 0 atom stereocenters. The van der Waals surface area contributed by atoms with E-state index in [2.05, 4.69) is 9.88 Å². The van der Waals surface area contributed by atoms with Crippen molar-refractivity contribution in [2.45, 2.75) is 27.2 Å². The molecule has 0 saturated carbocycles. The van der Waals surface area contributed by atoms with Gasteiger partial charge in [0.1, 0.15) is 0 Å². The Morgan fingerprint density at radius 2 is 1.64 bits per heavy atom. The van der Waals surface area contributed by atoms with Crippen molar-refractivity contribution in [2.75, 3.05) is 26.7 Å². The summed E-state index contributed by atoms with van der Waals surface area (Å²) in [5, 5.41) is 2.69. The van der Waals surface area contributed by atoms with E-state index in [-0.39, 0.29) is 12.5 Å². The Kier molecular flexibility index (Phi) is 7.37. The average molecular weight is 385 g/mol. The molecule has 0 saturated heterocycles. The summed E-state index contributed by atoms with van der Waals surface area (Å²) in [6.07, 6.45) is 0.823. The van der Waals surface area contributed by atoms with E-state index in [4.69, 9.17) is 4.74 Å².